The number of aliphatic imine (C=N–C) groups is 1. The van der Waals surface area contributed by atoms with Crippen LogP contribution >= 0.6 is 0 Å². The Morgan fingerprint density at radius 1 is 1.36 bits per heavy atom. The maximum atomic E-state index is 14.0. The van der Waals surface area contributed by atoms with Crippen molar-refractivity contribution >= 4 is 11.6 Å². The Balaban J connectivity index is 1.52. The van der Waals surface area contributed by atoms with Crippen LogP contribution in [0.4, 0.5) is 14.5 Å². The molecule has 9 heteroatoms. The second kappa shape index (κ2) is 9.48. The zero-order chi connectivity index (χ0) is 19.9. The van der Waals surface area contributed by atoms with Crippen molar-refractivity contribution in [1.29, 1.82) is 0 Å². The molecule has 3 rings (SSSR count). The maximum absolute atomic E-state index is 14.0. The summed E-state index contributed by atoms with van der Waals surface area (Å²) >= 11 is 0. The van der Waals surface area contributed by atoms with Gasteiger partial charge in [-0.05, 0) is 38.8 Å². The second-order valence-corrected chi connectivity index (χ2v) is 6.75. The number of para-hydroxylation sites is 1. The summed E-state index contributed by atoms with van der Waals surface area (Å²) in [5, 5.41) is 10.3. The molecule has 1 aliphatic rings. The van der Waals surface area contributed by atoms with Crippen LogP contribution in [0.15, 0.2) is 27.7 Å². The van der Waals surface area contributed by atoms with Gasteiger partial charge in [-0.15, -0.1) is 0 Å². The van der Waals surface area contributed by atoms with Crippen LogP contribution in [-0.4, -0.2) is 48.3 Å². The summed E-state index contributed by atoms with van der Waals surface area (Å²) in [5.41, 5.74) is 0.0450. The van der Waals surface area contributed by atoms with Gasteiger partial charge in [0.05, 0.1) is 0 Å². The number of hydrogen-bond acceptors (Lipinski definition) is 5. The number of benzene rings is 1. The number of guanidine groups is 1. The molecule has 0 amide bonds. The van der Waals surface area contributed by atoms with E-state index in [0.29, 0.717) is 43.7 Å². The van der Waals surface area contributed by atoms with Crippen molar-refractivity contribution in [3.05, 3.63) is 41.5 Å². The molecule has 0 bridgehead atoms. The smallest absolute Gasteiger partial charge is 0.226 e. The van der Waals surface area contributed by atoms with E-state index in [1.165, 1.54) is 18.2 Å². The number of nitrogens with zero attached hydrogens (tertiary/aromatic N) is 4. The molecule has 0 saturated carbocycles. The van der Waals surface area contributed by atoms with E-state index in [4.69, 9.17) is 4.52 Å². The zero-order valence-corrected chi connectivity index (χ0v) is 16.2. The fourth-order valence-corrected chi connectivity index (χ4v) is 3.25. The highest BCUT2D eigenvalue weighted by Crippen LogP contribution is 2.26. The van der Waals surface area contributed by atoms with E-state index in [2.05, 4.69) is 25.8 Å². The SMILES string of the molecule is CCNC(=NCCCc1nc(C)no1)NC1CCN(c2c(F)cccc2F)C1. The van der Waals surface area contributed by atoms with E-state index < -0.39 is 11.6 Å². The summed E-state index contributed by atoms with van der Waals surface area (Å²) in [7, 11) is 0. The average Bonchev–Trinajstić information content (AvgIpc) is 3.28. The van der Waals surface area contributed by atoms with Gasteiger partial charge >= 0.3 is 0 Å². The Kier molecular flexibility index (Phi) is 6.78. The Morgan fingerprint density at radius 3 is 2.82 bits per heavy atom. The number of halogens is 2. The number of aryl methyl sites for hydroxylation is 2. The molecule has 2 heterocycles. The fourth-order valence-electron chi connectivity index (χ4n) is 3.25. The van der Waals surface area contributed by atoms with Gasteiger partial charge in [0, 0.05) is 38.6 Å². The quantitative estimate of drug-likeness (QED) is 0.428. The predicted octanol–water partition coefficient (Wildman–Crippen LogP) is 2.42. The molecule has 28 heavy (non-hydrogen) atoms. The molecule has 1 unspecified atom stereocenters. The fraction of sp³-hybridized carbons (Fsp3) is 0.526. The summed E-state index contributed by atoms with van der Waals surface area (Å²) in [6, 6.07) is 4.02. The van der Waals surface area contributed by atoms with Crippen molar-refractivity contribution in [1.82, 2.24) is 20.8 Å². The van der Waals surface area contributed by atoms with Gasteiger partial charge < -0.3 is 20.1 Å². The van der Waals surface area contributed by atoms with Crippen molar-refractivity contribution in [3.8, 4) is 0 Å². The molecule has 1 aromatic heterocycles. The molecular weight excluding hydrogens is 366 g/mol. The van der Waals surface area contributed by atoms with Crippen LogP contribution in [0.3, 0.4) is 0 Å². The molecule has 1 aliphatic heterocycles. The molecule has 2 aromatic rings. The standard InChI is InChI=1S/C19H26F2N6O/c1-3-22-19(23-10-5-8-17-24-13(2)26-28-17)25-14-9-11-27(12-14)18-15(20)6-4-7-16(18)21/h4,6-7,14H,3,5,8-12H2,1-2H3,(H2,22,23,25). The minimum absolute atomic E-state index is 0.0450. The lowest BCUT2D eigenvalue weighted by Gasteiger charge is -2.21. The topological polar surface area (TPSA) is 78.6 Å². The summed E-state index contributed by atoms with van der Waals surface area (Å²) in [5.74, 6) is 0.884. The summed E-state index contributed by atoms with van der Waals surface area (Å²) < 4.78 is 33.1. The molecule has 0 spiro atoms. The van der Waals surface area contributed by atoms with E-state index in [9.17, 15) is 8.78 Å². The first-order valence-corrected chi connectivity index (χ1v) is 9.59. The molecule has 152 valence electrons. The highest BCUT2D eigenvalue weighted by molar-refractivity contribution is 5.80. The summed E-state index contributed by atoms with van der Waals surface area (Å²) in [6.07, 6.45) is 2.24. The van der Waals surface area contributed by atoms with Crippen LogP contribution in [-0.2, 0) is 6.42 Å². The van der Waals surface area contributed by atoms with Crippen LogP contribution in [0.25, 0.3) is 0 Å². The molecule has 0 radical (unpaired) electrons. The lowest BCUT2D eigenvalue weighted by atomic mass is 10.2. The van der Waals surface area contributed by atoms with Crippen LogP contribution in [0.5, 0.6) is 0 Å². The highest BCUT2D eigenvalue weighted by atomic mass is 19.1. The minimum Gasteiger partial charge on any atom is -0.365 e. The van der Waals surface area contributed by atoms with Crippen LogP contribution in [0, 0.1) is 18.6 Å². The monoisotopic (exact) mass is 392 g/mol. The van der Waals surface area contributed by atoms with Crippen molar-refractivity contribution in [2.45, 2.75) is 39.2 Å². The zero-order valence-electron chi connectivity index (χ0n) is 16.2. The Labute approximate surface area is 163 Å². The van der Waals surface area contributed by atoms with Crippen LogP contribution in [0.2, 0.25) is 0 Å². The van der Waals surface area contributed by atoms with Gasteiger partial charge in [0.25, 0.3) is 0 Å². The van der Waals surface area contributed by atoms with Crippen LogP contribution in [0.1, 0.15) is 31.5 Å². The van der Waals surface area contributed by atoms with E-state index in [-0.39, 0.29) is 11.7 Å². The molecule has 1 fully saturated rings. The third-order valence-corrected chi connectivity index (χ3v) is 4.52. The van der Waals surface area contributed by atoms with Crippen molar-refractivity contribution < 1.29 is 13.3 Å². The predicted molar refractivity (Wildman–Crippen MR) is 103 cm³/mol. The van der Waals surface area contributed by atoms with Crippen molar-refractivity contribution in [3.63, 3.8) is 0 Å². The Hall–Kier alpha value is -2.71. The molecule has 1 aromatic carbocycles. The molecular formula is C19H26F2N6O. The summed E-state index contributed by atoms with van der Waals surface area (Å²) in [4.78, 5) is 10.5. The van der Waals surface area contributed by atoms with E-state index in [0.717, 1.165) is 19.4 Å². The molecule has 1 atom stereocenters. The van der Waals surface area contributed by atoms with Gasteiger partial charge in [0.2, 0.25) is 5.89 Å². The second-order valence-electron chi connectivity index (χ2n) is 6.75. The molecule has 0 aliphatic carbocycles. The molecule has 2 N–H and O–H groups in total. The van der Waals surface area contributed by atoms with Crippen LogP contribution < -0.4 is 15.5 Å². The Morgan fingerprint density at radius 2 is 2.14 bits per heavy atom. The van der Waals surface area contributed by atoms with Crippen molar-refractivity contribution in [2.75, 3.05) is 31.1 Å². The first kappa shape index (κ1) is 20.0. The Bertz CT molecular complexity index is 789. The normalized spacial score (nSPS) is 17.2. The number of aromatic nitrogens is 2. The number of rotatable bonds is 7. The first-order chi connectivity index (χ1) is 13.6. The summed E-state index contributed by atoms with van der Waals surface area (Å²) in [6.45, 7) is 6.22. The molecule has 1 saturated heterocycles. The third kappa shape index (κ3) is 5.17. The number of anilines is 1. The number of nitrogens with one attached hydrogen (secondary N) is 2. The van der Waals surface area contributed by atoms with Gasteiger partial charge in [-0.25, -0.2) is 8.78 Å². The first-order valence-electron chi connectivity index (χ1n) is 9.59. The van der Waals surface area contributed by atoms with Gasteiger partial charge in [-0.1, -0.05) is 11.2 Å². The minimum atomic E-state index is -0.530. The third-order valence-electron chi connectivity index (χ3n) is 4.52. The van der Waals surface area contributed by atoms with Gasteiger partial charge in [-0.2, -0.15) is 4.98 Å². The van der Waals surface area contributed by atoms with Gasteiger partial charge in [0.15, 0.2) is 11.8 Å². The van der Waals surface area contributed by atoms with E-state index >= 15 is 0 Å². The molecule has 7 nitrogen and oxygen atoms in total. The number of hydrogen-bond donors (Lipinski definition) is 2. The van der Waals surface area contributed by atoms with Gasteiger partial charge in [-0.3, -0.25) is 4.99 Å². The maximum Gasteiger partial charge on any atom is 0.226 e. The highest BCUT2D eigenvalue weighted by Gasteiger charge is 2.27. The average molecular weight is 392 g/mol. The lowest BCUT2D eigenvalue weighted by molar-refractivity contribution is 0.372. The lowest BCUT2D eigenvalue weighted by Crippen LogP contribution is -2.44. The van der Waals surface area contributed by atoms with Crippen molar-refractivity contribution in [2.24, 2.45) is 4.99 Å². The van der Waals surface area contributed by atoms with E-state index in [1.54, 1.807) is 11.8 Å². The largest absolute Gasteiger partial charge is 0.365 e. The van der Waals surface area contributed by atoms with E-state index in [1.807, 2.05) is 6.92 Å². The van der Waals surface area contributed by atoms with Gasteiger partial charge in [0.1, 0.15) is 17.3 Å².